The molecule has 0 saturated carbocycles. The number of hydrogen-bond acceptors (Lipinski definition) is 3. The largest absolute Gasteiger partial charge is 0.377 e. The molecule has 0 bridgehead atoms. The number of morpholine rings is 1. The second kappa shape index (κ2) is 4.85. The molecule has 0 radical (unpaired) electrons. The molecule has 1 aliphatic heterocycles. The van der Waals surface area contributed by atoms with Crippen LogP contribution < -0.4 is 4.90 Å². The third-order valence-electron chi connectivity index (χ3n) is 2.82. The Morgan fingerprint density at radius 3 is 3.06 bits per heavy atom. The molecule has 1 aliphatic rings. The number of benzene rings is 1. The molecule has 0 aliphatic carbocycles. The maximum atomic E-state index is 11.1. The van der Waals surface area contributed by atoms with Gasteiger partial charge in [-0.2, -0.15) is 0 Å². The van der Waals surface area contributed by atoms with Gasteiger partial charge in [-0.15, -0.1) is 0 Å². The molecule has 1 heterocycles. The van der Waals surface area contributed by atoms with E-state index >= 15 is 0 Å². The lowest BCUT2D eigenvalue weighted by Gasteiger charge is -2.36. The van der Waals surface area contributed by atoms with Crippen molar-refractivity contribution >= 4 is 23.6 Å². The molecule has 1 atom stereocenters. The lowest BCUT2D eigenvalue weighted by molar-refractivity contribution is 0.0985. The minimum Gasteiger partial charge on any atom is -0.377 e. The van der Waals surface area contributed by atoms with Crippen LogP contribution in [0, 0.1) is 0 Å². The average molecular weight is 240 g/mol. The van der Waals surface area contributed by atoms with Crippen LogP contribution in [0.3, 0.4) is 0 Å². The van der Waals surface area contributed by atoms with E-state index in [0.717, 1.165) is 18.5 Å². The van der Waals surface area contributed by atoms with E-state index in [2.05, 4.69) is 11.8 Å². The van der Waals surface area contributed by atoms with Crippen LogP contribution in [0.5, 0.6) is 0 Å². The van der Waals surface area contributed by atoms with Gasteiger partial charge in [-0.1, -0.05) is 17.7 Å². The number of carbonyl (C=O) groups excluding carboxylic acids is 1. The highest BCUT2D eigenvalue weighted by atomic mass is 35.5. The van der Waals surface area contributed by atoms with Crippen molar-refractivity contribution in [2.24, 2.45) is 0 Å². The van der Waals surface area contributed by atoms with E-state index < -0.39 is 0 Å². The van der Waals surface area contributed by atoms with Gasteiger partial charge in [0.1, 0.15) is 0 Å². The summed E-state index contributed by atoms with van der Waals surface area (Å²) in [5.41, 5.74) is 1.47. The van der Waals surface area contributed by atoms with Crippen LogP contribution in [-0.4, -0.2) is 32.1 Å². The molecule has 1 aromatic carbocycles. The number of carbonyl (C=O) groups is 1. The van der Waals surface area contributed by atoms with Crippen LogP contribution in [0.1, 0.15) is 17.3 Å². The molecule has 0 spiro atoms. The zero-order chi connectivity index (χ0) is 11.5. The van der Waals surface area contributed by atoms with E-state index in [4.69, 9.17) is 16.3 Å². The highest BCUT2D eigenvalue weighted by Crippen LogP contribution is 2.28. The first kappa shape index (κ1) is 11.4. The van der Waals surface area contributed by atoms with Crippen molar-refractivity contribution in [2.75, 3.05) is 24.7 Å². The number of ether oxygens (including phenoxy) is 1. The molecule has 1 saturated heterocycles. The van der Waals surface area contributed by atoms with Crippen LogP contribution in [0.4, 0.5) is 5.69 Å². The Hall–Kier alpha value is -1.06. The number of aldehydes is 1. The Labute approximate surface area is 100.0 Å². The maximum absolute atomic E-state index is 11.1. The van der Waals surface area contributed by atoms with Crippen LogP contribution in [-0.2, 0) is 4.74 Å². The highest BCUT2D eigenvalue weighted by Gasteiger charge is 2.21. The summed E-state index contributed by atoms with van der Waals surface area (Å²) < 4.78 is 5.37. The van der Waals surface area contributed by atoms with Crippen molar-refractivity contribution in [3.63, 3.8) is 0 Å². The smallest absolute Gasteiger partial charge is 0.153 e. The Kier molecular flexibility index (Phi) is 3.46. The van der Waals surface area contributed by atoms with Crippen molar-refractivity contribution in [2.45, 2.75) is 13.0 Å². The summed E-state index contributed by atoms with van der Waals surface area (Å²) in [7, 11) is 0. The molecule has 1 unspecified atom stereocenters. The quantitative estimate of drug-likeness (QED) is 0.743. The molecule has 0 N–H and O–H groups in total. The fraction of sp³-hybridized carbons (Fsp3) is 0.417. The number of halogens is 1. The molecule has 0 amide bonds. The van der Waals surface area contributed by atoms with Gasteiger partial charge in [-0.25, -0.2) is 0 Å². The summed E-state index contributed by atoms with van der Waals surface area (Å²) in [5.74, 6) is 0. The first-order valence-corrected chi connectivity index (χ1v) is 5.70. The van der Waals surface area contributed by atoms with Crippen molar-refractivity contribution in [1.29, 1.82) is 0 Å². The predicted molar refractivity (Wildman–Crippen MR) is 64.5 cm³/mol. The molecule has 0 aromatic heterocycles. The van der Waals surface area contributed by atoms with Gasteiger partial charge >= 0.3 is 0 Å². The van der Waals surface area contributed by atoms with E-state index in [1.807, 2.05) is 12.1 Å². The molecule has 4 heteroatoms. The molecule has 86 valence electrons. The average Bonchev–Trinajstić information content (AvgIpc) is 2.29. The Balaban J connectivity index is 2.38. The maximum Gasteiger partial charge on any atom is 0.153 e. The summed E-state index contributed by atoms with van der Waals surface area (Å²) in [6, 6.07) is 5.80. The van der Waals surface area contributed by atoms with Crippen LogP contribution >= 0.6 is 11.6 Å². The molecule has 16 heavy (non-hydrogen) atoms. The van der Waals surface area contributed by atoms with Gasteiger partial charge < -0.3 is 9.64 Å². The van der Waals surface area contributed by atoms with Crippen molar-refractivity contribution < 1.29 is 9.53 Å². The summed E-state index contributed by atoms with van der Waals surface area (Å²) in [6.07, 6.45) is 0.819. The van der Waals surface area contributed by atoms with Gasteiger partial charge in [0.05, 0.1) is 23.8 Å². The second-order valence-corrected chi connectivity index (χ2v) is 4.32. The van der Waals surface area contributed by atoms with Gasteiger partial charge in [-0.3, -0.25) is 4.79 Å². The van der Waals surface area contributed by atoms with Crippen LogP contribution in [0.2, 0.25) is 5.02 Å². The monoisotopic (exact) mass is 239 g/mol. The van der Waals surface area contributed by atoms with Crippen molar-refractivity contribution in [3.05, 3.63) is 28.8 Å². The van der Waals surface area contributed by atoms with E-state index in [-0.39, 0.29) is 6.04 Å². The van der Waals surface area contributed by atoms with Gasteiger partial charge in [0.2, 0.25) is 0 Å². The van der Waals surface area contributed by atoms with E-state index in [9.17, 15) is 4.79 Å². The minimum atomic E-state index is 0.269. The molecular weight excluding hydrogens is 226 g/mol. The predicted octanol–water partition coefficient (Wildman–Crippen LogP) is 2.38. The number of nitrogens with zero attached hydrogens (tertiary/aromatic N) is 1. The standard InChI is InChI=1S/C12H14ClNO2/c1-9-8-16-6-5-14(9)12-4-2-3-11(13)10(12)7-15/h2-4,7,9H,5-6,8H2,1H3. The van der Waals surface area contributed by atoms with Gasteiger partial charge in [0.25, 0.3) is 0 Å². The summed E-state index contributed by atoms with van der Waals surface area (Å²) in [5, 5.41) is 0.506. The summed E-state index contributed by atoms with van der Waals surface area (Å²) in [4.78, 5) is 13.2. The van der Waals surface area contributed by atoms with Crippen LogP contribution in [0.15, 0.2) is 18.2 Å². The second-order valence-electron chi connectivity index (χ2n) is 3.91. The van der Waals surface area contributed by atoms with Gasteiger partial charge in [0.15, 0.2) is 6.29 Å². The third kappa shape index (κ3) is 2.06. The molecule has 2 rings (SSSR count). The normalized spacial score (nSPS) is 20.9. The Morgan fingerprint density at radius 1 is 1.56 bits per heavy atom. The Morgan fingerprint density at radius 2 is 2.38 bits per heavy atom. The number of hydrogen-bond donors (Lipinski definition) is 0. The van der Waals surface area contributed by atoms with Crippen molar-refractivity contribution in [3.8, 4) is 0 Å². The van der Waals surface area contributed by atoms with E-state index in [0.29, 0.717) is 23.8 Å². The van der Waals surface area contributed by atoms with Crippen LogP contribution in [0.25, 0.3) is 0 Å². The molecule has 1 aromatic rings. The molecular formula is C12H14ClNO2. The third-order valence-corrected chi connectivity index (χ3v) is 3.15. The number of rotatable bonds is 2. The van der Waals surface area contributed by atoms with E-state index in [1.54, 1.807) is 6.07 Å². The Bertz CT molecular complexity index is 395. The SMILES string of the molecule is CC1COCCN1c1cccc(Cl)c1C=O. The first-order valence-electron chi connectivity index (χ1n) is 5.32. The minimum absolute atomic E-state index is 0.269. The lowest BCUT2D eigenvalue weighted by Crippen LogP contribution is -2.44. The van der Waals surface area contributed by atoms with Crippen molar-refractivity contribution in [1.82, 2.24) is 0 Å². The van der Waals surface area contributed by atoms with Gasteiger partial charge in [0, 0.05) is 18.3 Å². The molecule has 3 nitrogen and oxygen atoms in total. The van der Waals surface area contributed by atoms with Gasteiger partial charge in [-0.05, 0) is 19.1 Å². The zero-order valence-corrected chi connectivity index (χ0v) is 9.91. The molecule has 1 fully saturated rings. The first-order chi connectivity index (χ1) is 7.74. The highest BCUT2D eigenvalue weighted by molar-refractivity contribution is 6.33. The zero-order valence-electron chi connectivity index (χ0n) is 9.15. The summed E-state index contributed by atoms with van der Waals surface area (Å²) in [6.45, 7) is 4.25. The van der Waals surface area contributed by atoms with E-state index in [1.165, 1.54) is 0 Å². The fourth-order valence-corrected chi connectivity index (χ4v) is 2.19. The lowest BCUT2D eigenvalue weighted by atomic mass is 10.1. The fourth-order valence-electron chi connectivity index (χ4n) is 1.98. The summed E-state index contributed by atoms with van der Waals surface area (Å²) >= 11 is 6.01. The topological polar surface area (TPSA) is 29.5 Å². The number of anilines is 1.